The number of nitrogens with zero attached hydrogens (tertiary/aromatic N) is 1. The van der Waals surface area contributed by atoms with Crippen LogP contribution in [-0.4, -0.2) is 25.7 Å². The zero-order valence-electron chi connectivity index (χ0n) is 13.3. The second-order valence-electron chi connectivity index (χ2n) is 5.43. The van der Waals surface area contributed by atoms with Gasteiger partial charge in [0, 0.05) is 0 Å². The number of amides is 2. The van der Waals surface area contributed by atoms with Gasteiger partial charge in [-0.25, -0.2) is 5.01 Å². The van der Waals surface area contributed by atoms with Gasteiger partial charge in [-0.3, -0.25) is 15.0 Å². The van der Waals surface area contributed by atoms with E-state index in [-0.39, 0.29) is 12.4 Å². The van der Waals surface area contributed by atoms with Gasteiger partial charge in [-0.15, -0.1) is 0 Å². The number of para-hydroxylation sites is 1. The molecule has 4 rings (SSSR count). The number of benzene rings is 2. The first-order chi connectivity index (χ1) is 12.2. The highest BCUT2D eigenvalue weighted by atomic mass is 16.7. The van der Waals surface area contributed by atoms with E-state index in [1.54, 1.807) is 36.4 Å². The number of hydrogen-bond acceptors (Lipinski definition) is 5. The lowest BCUT2D eigenvalue weighted by atomic mass is 10.1. The number of fused-ring (bicyclic) bond motifs is 1. The molecule has 0 atom stereocenters. The van der Waals surface area contributed by atoms with Crippen molar-refractivity contribution < 1.29 is 23.8 Å². The van der Waals surface area contributed by atoms with E-state index in [1.165, 1.54) is 18.2 Å². The number of carbonyl (C=O) groups excluding carboxylic acids is 2. The summed E-state index contributed by atoms with van der Waals surface area (Å²) in [4.78, 5) is 24.8. The summed E-state index contributed by atoms with van der Waals surface area (Å²) in [7, 11) is 1.51. The average Bonchev–Trinajstić information content (AvgIpc) is 3.21. The molecule has 2 aliphatic rings. The third kappa shape index (κ3) is 2.55. The van der Waals surface area contributed by atoms with Crippen molar-refractivity contribution >= 4 is 23.6 Å². The van der Waals surface area contributed by atoms with Crippen LogP contribution >= 0.6 is 0 Å². The molecule has 7 nitrogen and oxygen atoms in total. The smallest absolute Gasteiger partial charge is 0.282 e. The predicted molar refractivity (Wildman–Crippen MR) is 89.2 cm³/mol. The Labute approximate surface area is 143 Å². The Bertz CT molecular complexity index is 892. The molecule has 0 radical (unpaired) electrons. The maximum Gasteiger partial charge on any atom is 0.282 e. The highest BCUT2D eigenvalue weighted by Crippen LogP contribution is 2.42. The maximum absolute atomic E-state index is 12.6. The molecule has 2 aliphatic heterocycles. The van der Waals surface area contributed by atoms with E-state index in [0.717, 1.165) is 0 Å². The zero-order valence-corrected chi connectivity index (χ0v) is 13.3. The molecular weight excluding hydrogens is 324 g/mol. The first-order valence-electron chi connectivity index (χ1n) is 7.57. The number of carbonyl (C=O) groups is 2. The molecule has 0 aromatic heterocycles. The molecule has 2 amide bonds. The van der Waals surface area contributed by atoms with Crippen molar-refractivity contribution in [1.82, 2.24) is 5.43 Å². The van der Waals surface area contributed by atoms with Gasteiger partial charge in [-0.1, -0.05) is 18.2 Å². The predicted octanol–water partition coefficient (Wildman–Crippen LogP) is 1.89. The van der Waals surface area contributed by atoms with Gasteiger partial charge in [0.1, 0.15) is 5.57 Å². The molecule has 0 unspecified atom stereocenters. The Morgan fingerprint density at radius 3 is 2.72 bits per heavy atom. The third-order valence-corrected chi connectivity index (χ3v) is 3.90. The van der Waals surface area contributed by atoms with E-state index >= 15 is 0 Å². The SMILES string of the molecule is COc1cc(/C=C2/C(=O)NN(c3ccccc3)C2=O)cc2c1OCO2. The maximum atomic E-state index is 12.6. The summed E-state index contributed by atoms with van der Waals surface area (Å²) in [5.41, 5.74) is 3.79. The molecule has 0 saturated carbocycles. The first-order valence-corrected chi connectivity index (χ1v) is 7.57. The lowest BCUT2D eigenvalue weighted by Gasteiger charge is -2.13. The third-order valence-electron chi connectivity index (χ3n) is 3.90. The van der Waals surface area contributed by atoms with Crippen LogP contribution in [0, 0.1) is 0 Å². The van der Waals surface area contributed by atoms with Crippen LogP contribution in [0.25, 0.3) is 6.08 Å². The summed E-state index contributed by atoms with van der Waals surface area (Å²) in [6, 6.07) is 12.3. The molecule has 7 heteroatoms. The van der Waals surface area contributed by atoms with Gasteiger partial charge in [0.15, 0.2) is 11.5 Å². The van der Waals surface area contributed by atoms with Gasteiger partial charge in [-0.05, 0) is 35.9 Å². The van der Waals surface area contributed by atoms with E-state index in [1.807, 2.05) is 6.07 Å². The van der Waals surface area contributed by atoms with E-state index in [0.29, 0.717) is 28.5 Å². The minimum Gasteiger partial charge on any atom is -0.493 e. The fourth-order valence-electron chi connectivity index (χ4n) is 2.72. The van der Waals surface area contributed by atoms with Gasteiger partial charge in [-0.2, -0.15) is 0 Å². The normalized spacial score (nSPS) is 17.2. The molecule has 1 N–H and O–H groups in total. The van der Waals surface area contributed by atoms with Gasteiger partial charge >= 0.3 is 0 Å². The fraction of sp³-hybridized carbons (Fsp3) is 0.111. The fourth-order valence-corrected chi connectivity index (χ4v) is 2.72. The summed E-state index contributed by atoms with van der Waals surface area (Å²) in [5.74, 6) is 0.612. The molecule has 126 valence electrons. The van der Waals surface area contributed by atoms with Gasteiger partial charge < -0.3 is 14.2 Å². The van der Waals surface area contributed by atoms with Gasteiger partial charge in [0.25, 0.3) is 11.8 Å². The monoisotopic (exact) mass is 338 g/mol. The van der Waals surface area contributed by atoms with Crippen LogP contribution in [0.15, 0.2) is 48.0 Å². The molecular formula is C18H14N2O5. The Morgan fingerprint density at radius 1 is 1.16 bits per heavy atom. The van der Waals surface area contributed by atoms with E-state index in [4.69, 9.17) is 14.2 Å². The molecule has 1 saturated heterocycles. The number of hydrazine groups is 1. The Balaban J connectivity index is 1.70. The summed E-state index contributed by atoms with van der Waals surface area (Å²) in [6.07, 6.45) is 1.51. The minimum atomic E-state index is -0.467. The van der Waals surface area contributed by atoms with Crippen molar-refractivity contribution in [2.24, 2.45) is 0 Å². The van der Waals surface area contributed by atoms with E-state index < -0.39 is 11.8 Å². The largest absolute Gasteiger partial charge is 0.493 e. The Hall–Kier alpha value is -3.48. The number of methoxy groups -OCH3 is 1. The van der Waals surface area contributed by atoms with Crippen LogP contribution in [-0.2, 0) is 9.59 Å². The Morgan fingerprint density at radius 2 is 1.96 bits per heavy atom. The lowest BCUT2D eigenvalue weighted by Crippen LogP contribution is -2.35. The van der Waals surface area contributed by atoms with Crippen molar-refractivity contribution in [3.8, 4) is 17.2 Å². The summed E-state index contributed by atoms with van der Waals surface area (Å²) in [5, 5.41) is 1.22. The summed E-state index contributed by atoms with van der Waals surface area (Å²) < 4.78 is 16.0. The van der Waals surface area contributed by atoms with Crippen LogP contribution in [0.1, 0.15) is 5.56 Å². The van der Waals surface area contributed by atoms with Crippen LogP contribution in [0.4, 0.5) is 5.69 Å². The topological polar surface area (TPSA) is 77.1 Å². The number of anilines is 1. The summed E-state index contributed by atoms with van der Waals surface area (Å²) in [6.45, 7) is 0.104. The van der Waals surface area contributed by atoms with Crippen molar-refractivity contribution in [2.45, 2.75) is 0 Å². The van der Waals surface area contributed by atoms with Crippen LogP contribution in [0.3, 0.4) is 0 Å². The lowest BCUT2D eigenvalue weighted by molar-refractivity contribution is -0.117. The van der Waals surface area contributed by atoms with Gasteiger partial charge in [0.05, 0.1) is 12.8 Å². The number of rotatable bonds is 3. The molecule has 2 heterocycles. The first kappa shape index (κ1) is 15.1. The average molecular weight is 338 g/mol. The highest BCUT2D eigenvalue weighted by Gasteiger charge is 2.34. The molecule has 1 fully saturated rings. The van der Waals surface area contributed by atoms with Crippen molar-refractivity contribution in [3.05, 3.63) is 53.6 Å². The molecule has 0 spiro atoms. The van der Waals surface area contributed by atoms with Crippen LogP contribution in [0.5, 0.6) is 17.2 Å². The van der Waals surface area contributed by atoms with E-state index in [2.05, 4.69) is 5.43 Å². The molecule has 0 aliphatic carbocycles. The zero-order chi connectivity index (χ0) is 17.4. The molecule has 0 bridgehead atoms. The minimum absolute atomic E-state index is 0.0322. The quantitative estimate of drug-likeness (QED) is 0.683. The van der Waals surface area contributed by atoms with E-state index in [9.17, 15) is 9.59 Å². The molecule has 2 aromatic rings. The Kier molecular flexibility index (Phi) is 3.53. The highest BCUT2D eigenvalue weighted by molar-refractivity contribution is 6.31. The molecule has 2 aromatic carbocycles. The van der Waals surface area contributed by atoms with Crippen molar-refractivity contribution in [3.63, 3.8) is 0 Å². The second kappa shape index (κ2) is 5.86. The number of hydrogen-bond donors (Lipinski definition) is 1. The van der Waals surface area contributed by atoms with Crippen molar-refractivity contribution in [2.75, 3.05) is 18.9 Å². The van der Waals surface area contributed by atoms with Crippen LogP contribution < -0.4 is 24.6 Å². The van der Waals surface area contributed by atoms with Crippen molar-refractivity contribution in [1.29, 1.82) is 0 Å². The standard InChI is InChI=1S/C18H14N2O5/c1-23-14-8-11(9-15-16(14)25-10-24-15)7-13-17(21)19-20(18(13)22)12-5-3-2-4-6-12/h2-9H,10H2,1H3,(H,19,21)/b13-7-. The number of ether oxygens (including phenoxy) is 3. The van der Waals surface area contributed by atoms with Gasteiger partial charge in [0.2, 0.25) is 12.5 Å². The summed E-state index contributed by atoms with van der Waals surface area (Å²) >= 11 is 0. The number of nitrogens with one attached hydrogen (secondary N) is 1. The molecule has 25 heavy (non-hydrogen) atoms. The second-order valence-corrected chi connectivity index (χ2v) is 5.43. The van der Waals surface area contributed by atoms with Crippen LogP contribution in [0.2, 0.25) is 0 Å².